The Morgan fingerprint density at radius 3 is 3.07 bits per heavy atom. The van der Waals surface area contributed by atoms with Crippen LogP contribution in [-0.4, -0.2) is 19.5 Å². The van der Waals surface area contributed by atoms with Crippen molar-refractivity contribution >= 4 is 5.95 Å². The first-order chi connectivity index (χ1) is 6.74. The number of hydrogen-bond acceptors (Lipinski definition) is 4. The highest BCUT2D eigenvalue weighted by Crippen LogP contribution is 1.96. The van der Waals surface area contributed by atoms with Crippen LogP contribution in [-0.2, 0) is 6.54 Å². The third-order valence-corrected chi connectivity index (χ3v) is 1.72. The number of nitrogens with zero attached hydrogens (tertiary/aromatic N) is 3. The maximum atomic E-state index is 11.0. The van der Waals surface area contributed by atoms with E-state index in [0.717, 1.165) is 0 Å². The molecule has 0 saturated heterocycles. The van der Waals surface area contributed by atoms with Gasteiger partial charge in [-0.05, 0) is 0 Å². The molecule has 2 heterocycles. The summed E-state index contributed by atoms with van der Waals surface area (Å²) < 4.78 is 1.81. The number of hydrogen-bond donors (Lipinski definition) is 2. The first-order valence-corrected chi connectivity index (χ1v) is 4.05. The van der Waals surface area contributed by atoms with Crippen molar-refractivity contribution in [2.45, 2.75) is 6.54 Å². The maximum Gasteiger partial charge on any atom is 0.252 e. The van der Waals surface area contributed by atoms with E-state index in [4.69, 9.17) is 5.73 Å². The molecule has 0 aliphatic heterocycles. The van der Waals surface area contributed by atoms with Crippen molar-refractivity contribution in [2.75, 3.05) is 5.73 Å². The number of aromatic nitrogens is 4. The van der Waals surface area contributed by atoms with Gasteiger partial charge in [0.05, 0.1) is 18.6 Å². The van der Waals surface area contributed by atoms with Crippen molar-refractivity contribution in [1.82, 2.24) is 19.5 Å². The first-order valence-electron chi connectivity index (χ1n) is 4.05. The summed E-state index contributed by atoms with van der Waals surface area (Å²) in [5, 5.41) is 0. The zero-order valence-electron chi connectivity index (χ0n) is 7.34. The van der Waals surface area contributed by atoms with Crippen LogP contribution in [0.1, 0.15) is 5.69 Å². The molecule has 0 spiro atoms. The fraction of sp³-hybridized carbons (Fsp3) is 0.125. The molecular formula is C8H9N5O. The summed E-state index contributed by atoms with van der Waals surface area (Å²) in [6, 6.07) is 1.41. The van der Waals surface area contributed by atoms with Crippen LogP contribution in [0.4, 0.5) is 5.95 Å². The number of nitrogens with one attached hydrogen (secondary N) is 1. The van der Waals surface area contributed by atoms with Crippen LogP contribution in [0.25, 0.3) is 0 Å². The average molecular weight is 191 g/mol. The Hall–Kier alpha value is -2.11. The molecule has 0 atom stereocenters. The lowest BCUT2D eigenvalue weighted by Gasteiger charge is -2.01. The number of anilines is 1. The summed E-state index contributed by atoms with van der Waals surface area (Å²) in [4.78, 5) is 21.3. The molecule has 2 rings (SSSR count). The smallest absolute Gasteiger partial charge is 0.252 e. The van der Waals surface area contributed by atoms with Crippen molar-refractivity contribution in [3.8, 4) is 0 Å². The SMILES string of the molecule is Nc1nc(Cn2ccnc2)cc(=O)[nH]1. The van der Waals surface area contributed by atoms with E-state index < -0.39 is 0 Å². The first kappa shape index (κ1) is 8.49. The van der Waals surface area contributed by atoms with Gasteiger partial charge < -0.3 is 10.3 Å². The molecule has 14 heavy (non-hydrogen) atoms. The number of rotatable bonds is 2. The van der Waals surface area contributed by atoms with Gasteiger partial charge in [0, 0.05) is 18.5 Å². The molecule has 0 fully saturated rings. The van der Waals surface area contributed by atoms with Gasteiger partial charge in [0.25, 0.3) is 5.56 Å². The Morgan fingerprint density at radius 1 is 1.57 bits per heavy atom. The second-order valence-corrected chi connectivity index (χ2v) is 2.86. The molecule has 72 valence electrons. The van der Waals surface area contributed by atoms with Crippen LogP contribution >= 0.6 is 0 Å². The molecule has 0 aliphatic rings. The Morgan fingerprint density at radius 2 is 2.43 bits per heavy atom. The van der Waals surface area contributed by atoms with E-state index in [2.05, 4.69) is 15.0 Å². The van der Waals surface area contributed by atoms with Crippen molar-refractivity contribution in [1.29, 1.82) is 0 Å². The summed E-state index contributed by atoms with van der Waals surface area (Å²) in [5.41, 5.74) is 5.77. The predicted molar refractivity (Wildman–Crippen MR) is 50.6 cm³/mol. The van der Waals surface area contributed by atoms with Gasteiger partial charge >= 0.3 is 0 Å². The van der Waals surface area contributed by atoms with Gasteiger partial charge in [0.15, 0.2) is 0 Å². The maximum absolute atomic E-state index is 11.0. The Labute approximate surface area is 79.4 Å². The summed E-state index contributed by atoms with van der Waals surface area (Å²) >= 11 is 0. The molecule has 6 nitrogen and oxygen atoms in total. The quantitative estimate of drug-likeness (QED) is 0.675. The molecule has 0 unspecified atom stereocenters. The molecule has 2 aromatic heterocycles. The predicted octanol–water partition coefficient (Wildman–Crippen LogP) is -0.403. The Kier molecular flexibility index (Phi) is 2.02. The molecule has 0 bridgehead atoms. The number of H-pyrrole nitrogens is 1. The largest absolute Gasteiger partial charge is 0.369 e. The highest BCUT2D eigenvalue weighted by molar-refractivity contribution is 5.17. The lowest BCUT2D eigenvalue weighted by atomic mass is 10.4. The van der Waals surface area contributed by atoms with Crippen molar-refractivity contribution < 1.29 is 0 Å². The zero-order valence-corrected chi connectivity index (χ0v) is 7.34. The van der Waals surface area contributed by atoms with Gasteiger partial charge in [-0.3, -0.25) is 9.78 Å². The second kappa shape index (κ2) is 3.33. The minimum absolute atomic E-state index is 0.132. The lowest BCUT2D eigenvalue weighted by Crippen LogP contribution is -2.13. The number of nitrogen functional groups attached to an aromatic ring is 1. The fourth-order valence-corrected chi connectivity index (χ4v) is 1.18. The van der Waals surface area contributed by atoms with E-state index in [9.17, 15) is 4.79 Å². The molecule has 0 amide bonds. The van der Waals surface area contributed by atoms with E-state index in [1.807, 2.05) is 0 Å². The van der Waals surface area contributed by atoms with Crippen LogP contribution in [0.3, 0.4) is 0 Å². The molecule has 6 heteroatoms. The van der Waals surface area contributed by atoms with E-state index in [0.29, 0.717) is 12.2 Å². The number of nitrogens with two attached hydrogens (primary N) is 1. The monoisotopic (exact) mass is 191 g/mol. The van der Waals surface area contributed by atoms with E-state index in [-0.39, 0.29) is 11.5 Å². The van der Waals surface area contributed by atoms with E-state index in [1.54, 1.807) is 23.3 Å². The molecular weight excluding hydrogens is 182 g/mol. The fourth-order valence-electron chi connectivity index (χ4n) is 1.18. The standard InChI is InChI=1S/C8H9N5O/c9-8-11-6(3-7(14)12-8)4-13-2-1-10-5-13/h1-3,5H,4H2,(H3,9,11,12,14). The summed E-state index contributed by atoms with van der Waals surface area (Å²) in [6.45, 7) is 0.494. The second-order valence-electron chi connectivity index (χ2n) is 2.86. The highest BCUT2D eigenvalue weighted by Gasteiger charge is 1.98. The molecule has 2 aromatic rings. The summed E-state index contributed by atoms with van der Waals surface area (Å²) in [7, 11) is 0. The third-order valence-electron chi connectivity index (χ3n) is 1.72. The van der Waals surface area contributed by atoms with Crippen molar-refractivity contribution in [2.24, 2.45) is 0 Å². The zero-order chi connectivity index (χ0) is 9.97. The van der Waals surface area contributed by atoms with E-state index >= 15 is 0 Å². The molecule has 0 aromatic carbocycles. The van der Waals surface area contributed by atoms with Crippen LogP contribution in [0.2, 0.25) is 0 Å². The third kappa shape index (κ3) is 1.79. The summed E-state index contributed by atoms with van der Waals surface area (Å²) in [5.74, 6) is 0.132. The average Bonchev–Trinajstić information content (AvgIpc) is 2.54. The minimum atomic E-state index is -0.243. The van der Waals surface area contributed by atoms with Crippen molar-refractivity contribution in [3.05, 3.63) is 40.8 Å². The van der Waals surface area contributed by atoms with Gasteiger partial charge in [0.1, 0.15) is 0 Å². The molecule has 0 saturated carbocycles. The lowest BCUT2D eigenvalue weighted by molar-refractivity contribution is 0.768. The van der Waals surface area contributed by atoms with Gasteiger partial charge in [-0.2, -0.15) is 0 Å². The van der Waals surface area contributed by atoms with E-state index in [1.165, 1.54) is 6.07 Å². The minimum Gasteiger partial charge on any atom is -0.369 e. The number of aromatic amines is 1. The summed E-state index contributed by atoms with van der Waals surface area (Å²) in [6.07, 6.45) is 5.11. The number of imidazole rings is 1. The molecule has 3 N–H and O–H groups in total. The van der Waals surface area contributed by atoms with Gasteiger partial charge in [-0.25, -0.2) is 9.97 Å². The van der Waals surface area contributed by atoms with Crippen LogP contribution in [0.5, 0.6) is 0 Å². The van der Waals surface area contributed by atoms with Crippen molar-refractivity contribution in [3.63, 3.8) is 0 Å². The normalized spacial score (nSPS) is 10.3. The highest BCUT2D eigenvalue weighted by atomic mass is 16.1. The van der Waals surface area contributed by atoms with Crippen LogP contribution < -0.4 is 11.3 Å². The topological polar surface area (TPSA) is 89.6 Å². The van der Waals surface area contributed by atoms with Crippen LogP contribution in [0.15, 0.2) is 29.6 Å². The Balaban J connectivity index is 2.29. The molecule has 0 radical (unpaired) electrons. The molecule has 0 aliphatic carbocycles. The van der Waals surface area contributed by atoms with Gasteiger partial charge in [-0.15, -0.1) is 0 Å². The Bertz CT molecular complexity index is 473. The van der Waals surface area contributed by atoms with Gasteiger partial charge in [0.2, 0.25) is 5.95 Å². The van der Waals surface area contributed by atoms with Crippen LogP contribution in [0, 0.1) is 0 Å². The van der Waals surface area contributed by atoms with Gasteiger partial charge in [-0.1, -0.05) is 0 Å².